The van der Waals surface area contributed by atoms with E-state index in [9.17, 15) is 23.1 Å². The van der Waals surface area contributed by atoms with Gasteiger partial charge in [-0.25, -0.2) is 17.7 Å². The molecule has 9 nitrogen and oxygen atoms in total. The number of hydrazine groups is 1. The summed E-state index contributed by atoms with van der Waals surface area (Å²) >= 11 is 0. The van der Waals surface area contributed by atoms with Crippen molar-refractivity contribution >= 4 is 33.2 Å². The second kappa shape index (κ2) is 11.4. The summed E-state index contributed by atoms with van der Waals surface area (Å²) in [4.78, 5) is 25.2. The third-order valence-electron chi connectivity index (χ3n) is 6.16. The zero-order valence-electron chi connectivity index (χ0n) is 20.6. The summed E-state index contributed by atoms with van der Waals surface area (Å²) < 4.78 is 28.4. The van der Waals surface area contributed by atoms with Gasteiger partial charge < -0.3 is 10.4 Å². The summed E-state index contributed by atoms with van der Waals surface area (Å²) in [6, 6.07) is 20.1. The highest BCUT2D eigenvalue weighted by Crippen LogP contribution is 2.37. The van der Waals surface area contributed by atoms with Crippen LogP contribution >= 0.6 is 0 Å². The molecular formula is C27H30N4O5S. The van der Waals surface area contributed by atoms with E-state index in [1.54, 1.807) is 47.5 Å². The monoisotopic (exact) mass is 522 g/mol. The Morgan fingerprint density at radius 2 is 1.54 bits per heavy atom. The molecule has 1 aliphatic heterocycles. The number of benzene rings is 3. The van der Waals surface area contributed by atoms with Gasteiger partial charge in [-0.2, -0.15) is 0 Å². The lowest BCUT2D eigenvalue weighted by Gasteiger charge is -2.30. The normalized spacial score (nSPS) is 13.8. The first-order valence-corrected chi connectivity index (χ1v) is 13.6. The topological polar surface area (TPSA) is 110 Å². The number of rotatable bonds is 9. The number of hydrogen-bond acceptors (Lipinski definition) is 6. The van der Waals surface area contributed by atoms with Gasteiger partial charge >= 0.3 is 0 Å². The van der Waals surface area contributed by atoms with Gasteiger partial charge in [-0.3, -0.25) is 14.6 Å². The molecule has 0 bridgehead atoms. The molecule has 1 heterocycles. The van der Waals surface area contributed by atoms with Crippen molar-refractivity contribution in [2.75, 3.05) is 30.5 Å². The number of carbonyl (C=O) groups is 2. The number of aromatic hydroxyl groups is 1. The molecule has 0 radical (unpaired) electrons. The number of phenolic OH excluding ortho intramolecular Hbond substituents is 1. The van der Waals surface area contributed by atoms with E-state index in [1.807, 2.05) is 11.9 Å². The molecule has 10 heteroatoms. The van der Waals surface area contributed by atoms with E-state index in [-0.39, 0.29) is 34.3 Å². The highest BCUT2D eigenvalue weighted by atomic mass is 32.2. The second-order valence-electron chi connectivity index (χ2n) is 8.57. The minimum Gasteiger partial charge on any atom is -0.506 e. The molecule has 0 aliphatic carbocycles. The third kappa shape index (κ3) is 5.76. The maximum Gasteiger partial charge on any atom is 0.268 e. The molecule has 0 aromatic heterocycles. The lowest BCUT2D eigenvalue weighted by atomic mass is 10.2. The number of phenols is 1. The fourth-order valence-corrected chi connectivity index (χ4v) is 5.82. The third-order valence-corrected chi connectivity index (χ3v) is 7.91. The Hall–Kier alpha value is -3.89. The molecule has 1 aliphatic rings. The van der Waals surface area contributed by atoms with Crippen molar-refractivity contribution in [3.8, 4) is 5.75 Å². The molecule has 37 heavy (non-hydrogen) atoms. The van der Waals surface area contributed by atoms with Crippen LogP contribution in [0.25, 0.3) is 0 Å². The first kappa shape index (κ1) is 26.2. The highest BCUT2D eigenvalue weighted by Gasteiger charge is 2.29. The molecule has 3 aromatic carbocycles. The Labute approximate surface area is 217 Å². The van der Waals surface area contributed by atoms with Crippen LogP contribution in [0.15, 0.2) is 83.8 Å². The van der Waals surface area contributed by atoms with Crippen molar-refractivity contribution in [3.05, 3.63) is 84.4 Å². The van der Waals surface area contributed by atoms with Crippen LogP contribution in [0.4, 0.5) is 11.4 Å². The van der Waals surface area contributed by atoms with Gasteiger partial charge in [0.05, 0.1) is 22.8 Å². The van der Waals surface area contributed by atoms with Crippen LogP contribution in [0.1, 0.15) is 30.1 Å². The molecule has 1 fully saturated rings. The van der Waals surface area contributed by atoms with Gasteiger partial charge in [-0.05, 0) is 68.3 Å². The van der Waals surface area contributed by atoms with Crippen molar-refractivity contribution in [3.63, 3.8) is 0 Å². The number of likely N-dealkylation sites (N-methyl/N-ethyl adjacent to an activating group) is 1. The minimum absolute atomic E-state index is 0.0570. The van der Waals surface area contributed by atoms with E-state index in [4.69, 9.17) is 0 Å². The number of para-hydroxylation sites is 3. The van der Waals surface area contributed by atoms with E-state index in [0.29, 0.717) is 12.2 Å². The number of carbonyl (C=O) groups excluding carboxylic acids is 2. The average Bonchev–Trinajstić information content (AvgIpc) is 3.44. The average molecular weight is 523 g/mol. The van der Waals surface area contributed by atoms with E-state index < -0.39 is 15.9 Å². The predicted molar refractivity (Wildman–Crippen MR) is 141 cm³/mol. The molecule has 0 atom stereocenters. The van der Waals surface area contributed by atoms with Crippen LogP contribution in [0.3, 0.4) is 0 Å². The molecule has 1 saturated heterocycles. The quantitative estimate of drug-likeness (QED) is 0.445. The molecule has 2 N–H and O–H groups in total. The Morgan fingerprint density at radius 1 is 0.919 bits per heavy atom. The minimum atomic E-state index is -4.15. The first-order chi connectivity index (χ1) is 17.8. The Balaban J connectivity index is 1.52. The number of anilines is 2. The standard InChI is InChI=1S/C27H30N4O5S/c1-2-30(29-18-8-9-19-29)26(33)20-28-27(34)21-14-16-23(17-15-21)37(35,36)31(22-10-4-3-5-11-22)24-12-6-7-13-25(24)32/h3-7,10-17,32H,2,8-9,18-20H2,1H3,(H,28,34). The number of nitrogens with one attached hydrogen (secondary N) is 1. The largest absolute Gasteiger partial charge is 0.506 e. The highest BCUT2D eigenvalue weighted by molar-refractivity contribution is 7.93. The van der Waals surface area contributed by atoms with Gasteiger partial charge in [0, 0.05) is 25.2 Å². The van der Waals surface area contributed by atoms with E-state index >= 15 is 0 Å². The Bertz CT molecular complexity index is 1340. The van der Waals surface area contributed by atoms with E-state index in [2.05, 4.69) is 5.32 Å². The fourth-order valence-electron chi connectivity index (χ4n) is 4.32. The zero-order chi connectivity index (χ0) is 26.4. The molecule has 0 unspecified atom stereocenters. The fraction of sp³-hybridized carbons (Fsp3) is 0.259. The van der Waals surface area contributed by atoms with Crippen LogP contribution in [0, 0.1) is 0 Å². The molecule has 4 rings (SSSR count). The molecule has 0 saturated carbocycles. The number of hydrogen-bond donors (Lipinski definition) is 2. The van der Waals surface area contributed by atoms with Crippen molar-refractivity contribution in [2.24, 2.45) is 0 Å². The van der Waals surface area contributed by atoms with E-state index in [1.165, 1.54) is 36.4 Å². The van der Waals surface area contributed by atoms with Gasteiger partial charge in [0.25, 0.3) is 21.8 Å². The number of amides is 2. The summed E-state index contributed by atoms with van der Waals surface area (Å²) in [5.74, 6) is -0.862. The van der Waals surface area contributed by atoms with Gasteiger partial charge in [-0.1, -0.05) is 30.3 Å². The summed E-state index contributed by atoms with van der Waals surface area (Å²) in [5, 5.41) is 16.7. The lowest BCUT2D eigenvalue weighted by molar-refractivity contribution is -0.145. The molecule has 3 aromatic rings. The molecular weight excluding hydrogens is 492 g/mol. The zero-order valence-corrected chi connectivity index (χ0v) is 21.4. The number of nitrogens with zero attached hydrogens (tertiary/aromatic N) is 3. The SMILES string of the molecule is CCN(C(=O)CNC(=O)c1ccc(S(=O)(=O)N(c2ccccc2)c2ccccc2O)cc1)N1CCCC1. The van der Waals surface area contributed by atoms with Crippen LogP contribution in [-0.2, 0) is 14.8 Å². The second-order valence-corrected chi connectivity index (χ2v) is 10.4. The van der Waals surface area contributed by atoms with Gasteiger partial charge in [0.1, 0.15) is 5.75 Å². The van der Waals surface area contributed by atoms with Crippen LogP contribution < -0.4 is 9.62 Å². The van der Waals surface area contributed by atoms with Crippen molar-refractivity contribution in [1.82, 2.24) is 15.3 Å². The predicted octanol–water partition coefficient (Wildman–Crippen LogP) is 3.51. The van der Waals surface area contributed by atoms with Crippen LogP contribution in [0.2, 0.25) is 0 Å². The molecule has 2 amide bonds. The van der Waals surface area contributed by atoms with Gasteiger partial charge in [-0.15, -0.1) is 0 Å². The molecule has 194 valence electrons. The number of sulfonamides is 1. The van der Waals surface area contributed by atoms with Gasteiger partial charge in [0.15, 0.2) is 0 Å². The van der Waals surface area contributed by atoms with Crippen LogP contribution in [0.5, 0.6) is 5.75 Å². The van der Waals surface area contributed by atoms with Gasteiger partial charge in [0.2, 0.25) is 0 Å². The van der Waals surface area contributed by atoms with Crippen molar-refractivity contribution in [1.29, 1.82) is 0 Å². The smallest absolute Gasteiger partial charge is 0.268 e. The first-order valence-electron chi connectivity index (χ1n) is 12.1. The van der Waals surface area contributed by atoms with Crippen LogP contribution in [-0.4, -0.2) is 61.5 Å². The maximum absolute atomic E-state index is 13.7. The summed E-state index contributed by atoms with van der Waals surface area (Å²) in [7, 11) is -4.15. The Kier molecular flexibility index (Phi) is 8.10. The summed E-state index contributed by atoms with van der Waals surface area (Å²) in [6.07, 6.45) is 2.08. The summed E-state index contributed by atoms with van der Waals surface area (Å²) in [6.45, 7) is 3.91. The summed E-state index contributed by atoms with van der Waals surface area (Å²) in [5.41, 5.74) is 0.681. The van der Waals surface area contributed by atoms with E-state index in [0.717, 1.165) is 30.2 Å². The van der Waals surface area contributed by atoms with Crippen molar-refractivity contribution in [2.45, 2.75) is 24.7 Å². The maximum atomic E-state index is 13.7. The molecule has 0 spiro atoms. The Morgan fingerprint density at radius 3 is 2.16 bits per heavy atom. The van der Waals surface area contributed by atoms with Crippen molar-refractivity contribution < 1.29 is 23.1 Å². The lowest BCUT2D eigenvalue weighted by Crippen LogP contribution is -2.48.